The molecule has 0 aliphatic rings. The topological polar surface area (TPSA) is 403 Å². The van der Waals surface area contributed by atoms with Gasteiger partial charge in [0.15, 0.2) is 9.84 Å². The minimum atomic E-state index is -5.10. The van der Waals surface area contributed by atoms with Crippen molar-refractivity contribution in [3.8, 4) is 0 Å². The monoisotopic (exact) mass is 967 g/mol. The third kappa shape index (κ3) is 13.7. The first kappa shape index (κ1) is 48.1. The van der Waals surface area contributed by atoms with Crippen molar-refractivity contribution in [1.29, 1.82) is 0 Å². The number of nitrogens with zero attached hydrogens (tertiary/aromatic N) is 5. The number of primary amides is 1. The maximum Gasteiger partial charge on any atom is 0.397 e. The van der Waals surface area contributed by atoms with Crippen molar-refractivity contribution in [2.45, 2.75) is 26.5 Å². The molecule has 4 aromatic carbocycles. The summed E-state index contributed by atoms with van der Waals surface area (Å²) in [7, 11) is -22.1. The second-order valence-electron chi connectivity index (χ2n) is 11.8. The number of aryl methyl sites for hydroxylation is 1. The molecule has 2 amide bonds. The van der Waals surface area contributed by atoms with Crippen LogP contribution in [0.15, 0.2) is 96.5 Å². The first-order chi connectivity index (χ1) is 28.1. The normalized spacial score (nSPS) is 12.4. The van der Waals surface area contributed by atoms with Crippen LogP contribution in [0.25, 0.3) is 10.8 Å². The van der Waals surface area contributed by atoms with Gasteiger partial charge in [0.25, 0.3) is 30.4 Å². The molecule has 328 valence electrons. The molecule has 0 aliphatic carbocycles. The molecule has 31 heteroatoms. The zero-order valence-corrected chi connectivity index (χ0v) is 35.5. The Morgan fingerprint density at radius 2 is 1.41 bits per heavy atom. The number of amides is 2. The standard InChI is InChI=1S/C18H17N5O10S3.C12H13ClN4O6S2/c1-20-10-2-3-13(14(6-10)21-18(19)24)22-23-15-8-12-9(5-17(15)36(31,32)33)4-11(34(25,26)27)7-16(12)35(28,29)30;1-8-14-11(13)17-12(15-8)16-9-3-2-4-10(7-9)24(18,19)6-5-23-25(20,21)22/h2-8,20H,1H3,(H3,19,21,24)(H,25,26,27)(H,28,29,30)(H,31,32,33);2-4,7H,5-6H2,1H3,(H,20,21,22)(H,14,15,16,17). The fourth-order valence-electron chi connectivity index (χ4n) is 4.85. The molecule has 1 aromatic heterocycles. The van der Waals surface area contributed by atoms with E-state index in [1.54, 1.807) is 20.0 Å². The van der Waals surface area contributed by atoms with E-state index in [1.165, 1.54) is 36.4 Å². The number of hydrogen-bond donors (Lipinski definition) is 8. The van der Waals surface area contributed by atoms with E-state index < -0.39 is 100 Å². The van der Waals surface area contributed by atoms with Gasteiger partial charge in [0, 0.05) is 23.8 Å². The maximum atomic E-state index is 12.2. The van der Waals surface area contributed by atoms with Crippen LogP contribution < -0.4 is 21.7 Å². The van der Waals surface area contributed by atoms with Gasteiger partial charge in [-0.15, -0.1) is 10.2 Å². The Hall–Kier alpha value is -5.54. The number of nitrogens with one attached hydrogen (secondary N) is 3. The van der Waals surface area contributed by atoms with Crippen molar-refractivity contribution < 1.29 is 69.3 Å². The molecule has 25 nitrogen and oxygen atoms in total. The minimum absolute atomic E-state index is 0.0128. The van der Waals surface area contributed by atoms with Gasteiger partial charge in [-0.05, 0) is 84.6 Å². The Morgan fingerprint density at radius 1 is 0.754 bits per heavy atom. The molecule has 0 unspecified atom stereocenters. The number of nitrogens with two attached hydrogens (primary N) is 1. The van der Waals surface area contributed by atoms with Gasteiger partial charge in [-0.2, -0.15) is 43.6 Å². The summed E-state index contributed by atoms with van der Waals surface area (Å²) < 4.78 is 157. The van der Waals surface area contributed by atoms with Gasteiger partial charge in [0.05, 0.1) is 27.8 Å². The van der Waals surface area contributed by atoms with Crippen molar-refractivity contribution in [2.75, 3.05) is 35.4 Å². The quantitative estimate of drug-likeness (QED) is 0.0581. The largest absolute Gasteiger partial charge is 0.397 e. The molecule has 1 heterocycles. The van der Waals surface area contributed by atoms with Crippen LogP contribution in [0.1, 0.15) is 5.82 Å². The summed E-state index contributed by atoms with van der Waals surface area (Å²) in [5.74, 6) is -0.108. The van der Waals surface area contributed by atoms with Crippen LogP contribution in [0.4, 0.5) is 39.2 Å². The lowest BCUT2D eigenvalue weighted by Crippen LogP contribution is -2.19. The summed E-state index contributed by atoms with van der Waals surface area (Å²) in [6.45, 7) is 0.913. The third-order valence-corrected chi connectivity index (χ3v) is 12.3. The van der Waals surface area contributed by atoms with Crippen molar-refractivity contribution in [3.63, 3.8) is 0 Å². The molecule has 0 spiro atoms. The number of urea groups is 1. The van der Waals surface area contributed by atoms with Gasteiger partial charge in [-0.25, -0.2) is 22.4 Å². The van der Waals surface area contributed by atoms with E-state index in [0.717, 1.165) is 12.1 Å². The summed E-state index contributed by atoms with van der Waals surface area (Å²) in [6.07, 6.45) is 0. The number of azo groups is 1. The Labute approximate surface area is 351 Å². The zero-order valence-electron chi connectivity index (χ0n) is 30.7. The molecule has 9 N–H and O–H groups in total. The van der Waals surface area contributed by atoms with Crippen LogP contribution in [0.3, 0.4) is 0 Å². The van der Waals surface area contributed by atoms with Gasteiger partial charge in [-0.1, -0.05) is 6.07 Å². The Kier molecular flexibility index (Phi) is 14.7. The highest BCUT2D eigenvalue weighted by atomic mass is 35.5. The van der Waals surface area contributed by atoms with E-state index in [2.05, 4.69) is 45.3 Å². The predicted octanol–water partition coefficient (Wildman–Crippen LogP) is 3.70. The number of carbonyl (C=O) groups excluding carboxylic acids is 1. The number of sulfone groups is 1. The fourth-order valence-corrected chi connectivity index (χ4v) is 8.57. The van der Waals surface area contributed by atoms with E-state index in [0.29, 0.717) is 29.3 Å². The molecule has 0 bridgehead atoms. The molecule has 5 rings (SSSR count). The lowest BCUT2D eigenvalue weighted by Gasteiger charge is -2.11. The lowest BCUT2D eigenvalue weighted by atomic mass is 10.1. The molecular weight excluding hydrogens is 938 g/mol. The SMILES string of the molecule is CNc1ccc(N=Nc2cc3c(S(=O)(=O)O)cc(S(=O)(=O)O)cc3cc2S(=O)(=O)O)c(NC(N)=O)c1.Cc1nc(Cl)nc(Nc2cccc(S(=O)(=O)CCOS(=O)(=O)O)c2)n1. The number of carbonyl (C=O) groups is 1. The summed E-state index contributed by atoms with van der Waals surface area (Å²) in [4.78, 5) is 20.1. The molecule has 0 saturated carbocycles. The number of anilines is 4. The average Bonchev–Trinajstić information content (AvgIpc) is 3.11. The summed E-state index contributed by atoms with van der Waals surface area (Å²) in [6, 6.07) is 11.7. The molecule has 0 atom stereocenters. The van der Waals surface area contributed by atoms with Crippen LogP contribution in [-0.2, 0) is 54.8 Å². The van der Waals surface area contributed by atoms with E-state index in [-0.39, 0.29) is 27.5 Å². The highest BCUT2D eigenvalue weighted by Gasteiger charge is 2.25. The third-order valence-electron chi connectivity index (χ3n) is 7.38. The van der Waals surface area contributed by atoms with E-state index in [4.69, 9.17) is 21.9 Å². The van der Waals surface area contributed by atoms with E-state index in [9.17, 15) is 60.5 Å². The first-order valence-electron chi connectivity index (χ1n) is 16.0. The Bertz CT molecular complexity index is 3120. The Morgan fingerprint density at radius 3 is 1.98 bits per heavy atom. The molecule has 61 heavy (non-hydrogen) atoms. The van der Waals surface area contributed by atoms with Crippen LogP contribution in [0, 0.1) is 6.92 Å². The minimum Gasteiger partial charge on any atom is -0.388 e. The fraction of sp³-hybridized carbons (Fsp3) is 0.133. The van der Waals surface area contributed by atoms with Crippen molar-refractivity contribution in [1.82, 2.24) is 15.0 Å². The lowest BCUT2D eigenvalue weighted by molar-refractivity contribution is 0.259. The highest BCUT2D eigenvalue weighted by Crippen LogP contribution is 2.37. The second kappa shape index (κ2) is 18.6. The average molecular weight is 968 g/mol. The number of fused-ring (bicyclic) bond motifs is 1. The van der Waals surface area contributed by atoms with Crippen molar-refractivity contribution in [3.05, 3.63) is 77.8 Å². The molecule has 0 fully saturated rings. The van der Waals surface area contributed by atoms with Gasteiger partial charge in [-0.3, -0.25) is 18.2 Å². The summed E-state index contributed by atoms with van der Waals surface area (Å²) in [5, 5.41) is 14.7. The number of hydrogen-bond acceptors (Lipinski definition) is 19. The summed E-state index contributed by atoms with van der Waals surface area (Å²) in [5.41, 5.74) is 5.47. The molecular formula is C30H30ClN9O16S5. The second-order valence-corrected chi connectivity index (χ2v) is 19.5. The maximum absolute atomic E-state index is 12.2. The number of aromatic nitrogens is 3. The smallest absolute Gasteiger partial charge is 0.388 e. The van der Waals surface area contributed by atoms with Gasteiger partial charge in [0.1, 0.15) is 27.0 Å². The first-order valence-corrected chi connectivity index (χ1v) is 23.7. The van der Waals surface area contributed by atoms with E-state index >= 15 is 0 Å². The Balaban J connectivity index is 0.000000287. The summed E-state index contributed by atoms with van der Waals surface area (Å²) >= 11 is 5.73. The van der Waals surface area contributed by atoms with Gasteiger partial charge >= 0.3 is 16.4 Å². The predicted molar refractivity (Wildman–Crippen MR) is 216 cm³/mol. The van der Waals surface area contributed by atoms with Crippen LogP contribution in [0.5, 0.6) is 0 Å². The highest BCUT2D eigenvalue weighted by molar-refractivity contribution is 7.91. The van der Waals surface area contributed by atoms with E-state index in [1.807, 2.05) is 0 Å². The molecule has 0 aliphatic heterocycles. The zero-order chi connectivity index (χ0) is 45.7. The van der Waals surface area contributed by atoms with Crippen molar-refractivity contribution in [2.24, 2.45) is 16.0 Å². The van der Waals surface area contributed by atoms with Crippen LogP contribution in [0.2, 0.25) is 5.28 Å². The molecule has 5 aromatic rings. The van der Waals surface area contributed by atoms with Gasteiger partial charge < -0.3 is 21.7 Å². The number of rotatable bonds is 14. The van der Waals surface area contributed by atoms with Gasteiger partial charge in [0.2, 0.25) is 11.2 Å². The molecule has 0 radical (unpaired) electrons. The number of benzene rings is 4. The van der Waals surface area contributed by atoms with Crippen LogP contribution >= 0.6 is 11.6 Å². The molecule has 0 saturated heterocycles. The van der Waals surface area contributed by atoms with Crippen molar-refractivity contribution >= 4 is 113 Å². The number of halogens is 1. The van der Waals surface area contributed by atoms with Crippen LogP contribution in [-0.4, -0.2) is 101 Å².